The van der Waals surface area contributed by atoms with E-state index in [1.54, 1.807) is 0 Å². The molecule has 0 saturated carbocycles. The van der Waals surface area contributed by atoms with E-state index in [1.807, 2.05) is 12.1 Å². The van der Waals surface area contributed by atoms with Gasteiger partial charge in [0.2, 0.25) is 0 Å². The number of ether oxygens (including phenoxy) is 1. The van der Waals surface area contributed by atoms with Crippen LogP contribution in [0.4, 0.5) is 0 Å². The minimum Gasteiger partial charge on any atom is -0.462 e. The van der Waals surface area contributed by atoms with Gasteiger partial charge in [0, 0.05) is 6.42 Å². The zero-order chi connectivity index (χ0) is 9.80. The summed E-state index contributed by atoms with van der Waals surface area (Å²) in [6, 6.07) is 8.22. The summed E-state index contributed by atoms with van der Waals surface area (Å²) in [5, 5.41) is 0. The first-order chi connectivity index (χ1) is 6.84. The van der Waals surface area contributed by atoms with Crippen LogP contribution in [0, 0.1) is 6.92 Å². The van der Waals surface area contributed by atoms with Crippen LogP contribution in [0.3, 0.4) is 0 Å². The van der Waals surface area contributed by atoms with E-state index in [4.69, 9.17) is 4.74 Å². The van der Waals surface area contributed by atoms with Gasteiger partial charge in [-0.15, -0.1) is 0 Å². The van der Waals surface area contributed by atoms with Crippen molar-refractivity contribution >= 4 is 0 Å². The van der Waals surface area contributed by atoms with Gasteiger partial charge < -0.3 is 4.74 Å². The Morgan fingerprint density at radius 2 is 2.14 bits per heavy atom. The number of hydrogen-bond acceptors (Lipinski definition) is 1. The molecule has 0 radical (unpaired) electrons. The lowest BCUT2D eigenvalue weighted by molar-refractivity contribution is 0.383. The SMILES string of the molecule is Cc1cccc(OC2=CCCCC2)c1. The Morgan fingerprint density at radius 3 is 2.86 bits per heavy atom. The summed E-state index contributed by atoms with van der Waals surface area (Å²) in [5.74, 6) is 2.11. The van der Waals surface area contributed by atoms with Gasteiger partial charge in [0.05, 0.1) is 0 Å². The van der Waals surface area contributed by atoms with Crippen molar-refractivity contribution in [2.45, 2.75) is 32.6 Å². The number of allylic oxidation sites excluding steroid dienone is 2. The molecule has 0 amide bonds. The van der Waals surface area contributed by atoms with Crippen LogP contribution in [0.2, 0.25) is 0 Å². The molecule has 0 spiro atoms. The van der Waals surface area contributed by atoms with Gasteiger partial charge in [-0.05, 0) is 50.0 Å². The summed E-state index contributed by atoms with van der Waals surface area (Å²) in [4.78, 5) is 0. The van der Waals surface area contributed by atoms with Crippen LogP contribution in [0.1, 0.15) is 31.2 Å². The van der Waals surface area contributed by atoms with Crippen LogP contribution >= 0.6 is 0 Å². The molecule has 1 aromatic carbocycles. The van der Waals surface area contributed by atoms with E-state index in [2.05, 4.69) is 25.1 Å². The van der Waals surface area contributed by atoms with Gasteiger partial charge in [0.15, 0.2) is 0 Å². The molecule has 0 unspecified atom stereocenters. The van der Waals surface area contributed by atoms with Gasteiger partial charge in [-0.2, -0.15) is 0 Å². The van der Waals surface area contributed by atoms with Gasteiger partial charge in [-0.3, -0.25) is 0 Å². The van der Waals surface area contributed by atoms with E-state index in [0.29, 0.717) is 0 Å². The third kappa shape index (κ3) is 2.38. The summed E-state index contributed by atoms with van der Waals surface area (Å²) in [6.45, 7) is 2.09. The molecule has 0 aromatic heterocycles. The largest absolute Gasteiger partial charge is 0.462 e. The summed E-state index contributed by atoms with van der Waals surface area (Å²) in [6.07, 6.45) is 7.04. The average molecular weight is 188 g/mol. The molecule has 1 aromatic rings. The normalized spacial score (nSPS) is 16.2. The maximum Gasteiger partial charge on any atom is 0.127 e. The monoisotopic (exact) mass is 188 g/mol. The van der Waals surface area contributed by atoms with Crippen molar-refractivity contribution in [3.8, 4) is 5.75 Å². The number of hydrogen-bond donors (Lipinski definition) is 0. The molecule has 0 N–H and O–H groups in total. The molecule has 0 bridgehead atoms. The fourth-order valence-corrected chi connectivity index (χ4v) is 1.73. The molecule has 0 saturated heterocycles. The highest BCUT2D eigenvalue weighted by Gasteiger charge is 2.05. The van der Waals surface area contributed by atoms with Gasteiger partial charge in [-0.25, -0.2) is 0 Å². The molecule has 0 heterocycles. The van der Waals surface area contributed by atoms with Crippen LogP contribution in [-0.4, -0.2) is 0 Å². The highest BCUT2D eigenvalue weighted by Crippen LogP contribution is 2.22. The molecule has 0 atom stereocenters. The van der Waals surface area contributed by atoms with Crippen molar-refractivity contribution in [1.29, 1.82) is 0 Å². The maximum atomic E-state index is 5.80. The molecule has 1 heteroatoms. The molecule has 1 aliphatic rings. The summed E-state index contributed by atoms with van der Waals surface area (Å²) in [5.41, 5.74) is 1.25. The smallest absolute Gasteiger partial charge is 0.127 e. The zero-order valence-corrected chi connectivity index (χ0v) is 8.62. The lowest BCUT2D eigenvalue weighted by Crippen LogP contribution is -1.99. The van der Waals surface area contributed by atoms with E-state index >= 15 is 0 Å². The summed E-state index contributed by atoms with van der Waals surface area (Å²) >= 11 is 0. The fraction of sp³-hybridized carbons (Fsp3) is 0.385. The molecule has 1 aliphatic carbocycles. The quantitative estimate of drug-likeness (QED) is 0.685. The third-order valence-electron chi connectivity index (χ3n) is 2.49. The highest BCUT2D eigenvalue weighted by atomic mass is 16.5. The predicted molar refractivity (Wildman–Crippen MR) is 58.4 cm³/mol. The van der Waals surface area contributed by atoms with E-state index in [0.717, 1.165) is 17.9 Å². The van der Waals surface area contributed by atoms with E-state index in [-0.39, 0.29) is 0 Å². The standard InChI is InChI=1S/C13H16O/c1-11-6-5-9-13(10-11)14-12-7-3-2-4-8-12/h5-7,9-10H,2-4,8H2,1H3. The second-order valence-electron chi connectivity index (χ2n) is 3.83. The minimum atomic E-state index is 0.971. The lowest BCUT2D eigenvalue weighted by atomic mass is 10.1. The van der Waals surface area contributed by atoms with E-state index < -0.39 is 0 Å². The first kappa shape index (κ1) is 9.32. The fourth-order valence-electron chi connectivity index (χ4n) is 1.73. The van der Waals surface area contributed by atoms with E-state index in [1.165, 1.54) is 24.8 Å². The van der Waals surface area contributed by atoms with Gasteiger partial charge in [0.1, 0.15) is 11.5 Å². The molecule has 1 nitrogen and oxygen atoms in total. The lowest BCUT2D eigenvalue weighted by Gasteiger charge is -2.14. The number of aryl methyl sites for hydroxylation is 1. The minimum absolute atomic E-state index is 0.971. The van der Waals surface area contributed by atoms with Crippen molar-refractivity contribution in [3.63, 3.8) is 0 Å². The van der Waals surface area contributed by atoms with Crippen LogP contribution in [0.15, 0.2) is 36.1 Å². The first-order valence-corrected chi connectivity index (χ1v) is 5.28. The highest BCUT2D eigenvalue weighted by molar-refractivity contribution is 5.29. The number of benzene rings is 1. The molecule has 2 rings (SSSR count). The average Bonchev–Trinajstić information content (AvgIpc) is 2.19. The Morgan fingerprint density at radius 1 is 1.21 bits per heavy atom. The van der Waals surface area contributed by atoms with Crippen molar-refractivity contribution in [1.82, 2.24) is 0 Å². The Labute approximate surface area is 85.4 Å². The first-order valence-electron chi connectivity index (χ1n) is 5.28. The van der Waals surface area contributed by atoms with Crippen LogP contribution in [-0.2, 0) is 0 Å². The van der Waals surface area contributed by atoms with Gasteiger partial charge in [0.25, 0.3) is 0 Å². The molecule has 74 valence electrons. The Kier molecular flexibility index (Phi) is 2.87. The topological polar surface area (TPSA) is 9.23 Å². The zero-order valence-electron chi connectivity index (χ0n) is 8.62. The van der Waals surface area contributed by atoms with Gasteiger partial charge >= 0.3 is 0 Å². The van der Waals surface area contributed by atoms with Crippen LogP contribution in [0.5, 0.6) is 5.75 Å². The Bertz CT molecular complexity index is 339. The summed E-state index contributed by atoms with van der Waals surface area (Å²) < 4.78 is 5.80. The Balaban J connectivity index is 2.06. The molecular weight excluding hydrogens is 172 g/mol. The van der Waals surface area contributed by atoms with Gasteiger partial charge in [-0.1, -0.05) is 12.1 Å². The van der Waals surface area contributed by atoms with E-state index in [9.17, 15) is 0 Å². The Hall–Kier alpha value is -1.24. The molecule has 14 heavy (non-hydrogen) atoms. The predicted octanol–water partition coefficient (Wildman–Crippen LogP) is 3.83. The summed E-state index contributed by atoms with van der Waals surface area (Å²) in [7, 11) is 0. The van der Waals surface area contributed by atoms with Crippen molar-refractivity contribution in [2.24, 2.45) is 0 Å². The van der Waals surface area contributed by atoms with Crippen molar-refractivity contribution < 1.29 is 4.74 Å². The van der Waals surface area contributed by atoms with Crippen LogP contribution < -0.4 is 4.74 Å². The van der Waals surface area contributed by atoms with Crippen molar-refractivity contribution in [2.75, 3.05) is 0 Å². The number of rotatable bonds is 2. The van der Waals surface area contributed by atoms with Crippen LogP contribution in [0.25, 0.3) is 0 Å². The molecular formula is C13H16O. The third-order valence-corrected chi connectivity index (χ3v) is 2.49. The second kappa shape index (κ2) is 4.32. The second-order valence-corrected chi connectivity index (χ2v) is 3.83. The molecule has 0 aliphatic heterocycles. The molecule has 0 fully saturated rings. The van der Waals surface area contributed by atoms with Crippen molar-refractivity contribution in [3.05, 3.63) is 41.7 Å². The maximum absolute atomic E-state index is 5.80.